The van der Waals surface area contributed by atoms with Crippen molar-refractivity contribution in [3.8, 4) is 0 Å². The highest BCUT2D eigenvalue weighted by Crippen LogP contribution is 2.06. The third-order valence-electron chi connectivity index (χ3n) is 4.27. The van der Waals surface area contributed by atoms with Crippen LogP contribution in [0.3, 0.4) is 0 Å². The van der Waals surface area contributed by atoms with Crippen molar-refractivity contribution >= 4 is 23.6 Å². The highest BCUT2D eigenvalue weighted by molar-refractivity contribution is 6.06. The van der Waals surface area contributed by atoms with E-state index in [1.165, 1.54) is 0 Å². The van der Waals surface area contributed by atoms with Crippen LogP contribution in [0.5, 0.6) is 0 Å². The fourth-order valence-electron chi connectivity index (χ4n) is 2.92. The minimum Gasteiger partial charge on any atom is -0.379 e. The molecule has 0 bridgehead atoms. The van der Waals surface area contributed by atoms with E-state index in [2.05, 4.69) is 35.8 Å². The first kappa shape index (κ1) is 20.7. The highest BCUT2D eigenvalue weighted by atomic mass is 16.5. The van der Waals surface area contributed by atoms with Crippen molar-refractivity contribution in [1.82, 2.24) is 20.2 Å². The molecule has 1 aromatic heterocycles. The predicted octanol–water partition coefficient (Wildman–Crippen LogP) is 2.02. The Kier molecular flexibility index (Phi) is 7.48. The van der Waals surface area contributed by atoms with E-state index in [4.69, 9.17) is 4.74 Å². The zero-order valence-corrected chi connectivity index (χ0v) is 16.8. The van der Waals surface area contributed by atoms with Crippen LogP contribution in [0.2, 0.25) is 0 Å². The second-order valence-corrected chi connectivity index (χ2v) is 6.73. The molecule has 0 saturated carbocycles. The quantitative estimate of drug-likeness (QED) is 0.527. The molecule has 2 amide bonds. The largest absolute Gasteiger partial charge is 0.379 e. The van der Waals surface area contributed by atoms with Gasteiger partial charge in [0.25, 0.3) is 0 Å². The molecule has 0 aliphatic carbocycles. The number of hydrogen-bond donors (Lipinski definition) is 3. The molecule has 1 aliphatic rings. The highest BCUT2D eigenvalue weighted by Gasteiger charge is 2.12. The molecule has 1 aliphatic heterocycles. The smallest absolute Gasteiger partial charge is 0.326 e. The van der Waals surface area contributed by atoms with Gasteiger partial charge in [0.15, 0.2) is 0 Å². The minimum absolute atomic E-state index is 0.302. The summed E-state index contributed by atoms with van der Waals surface area (Å²) < 4.78 is 5.37. The standard InChI is InChI=1S/C20H27N7O2/c1-15-14-16(2)23-19(22-15)25-18(21-8-9-27-10-12-29-13-11-27)26-20(28)24-17-6-4-3-5-7-17/h3-7,14H,8-13H2,1-2H3,(H3,21,22,23,24,25,26,28). The van der Waals surface area contributed by atoms with Gasteiger partial charge >= 0.3 is 6.03 Å². The van der Waals surface area contributed by atoms with Gasteiger partial charge in [0.2, 0.25) is 11.9 Å². The van der Waals surface area contributed by atoms with E-state index in [9.17, 15) is 4.79 Å². The summed E-state index contributed by atoms with van der Waals surface area (Å²) in [5.41, 5.74) is 2.36. The van der Waals surface area contributed by atoms with Crippen molar-refractivity contribution in [2.75, 3.05) is 50.0 Å². The van der Waals surface area contributed by atoms with E-state index < -0.39 is 6.03 Å². The maximum Gasteiger partial charge on any atom is 0.326 e. The number of guanidine groups is 1. The van der Waals surface area contributed by atoms with Gasteiger partial charge in [0, 0.05) is 36.7 Å². The molecule has 3 rings (SSSR count). The van der Waals surface area contributed by atoms with E-state index >= 15 is 0 Å². The lowest BCUT2D eigenvalue weighted by molar-refractivity contribution is 0.0394. The molecule has 2 heterocycles. The maximum atomic E-state index is 12.4. The van der Waals surface area contributed by atoms with E-state index in [0.717, 1.165) is 44.2 Å². The number of aryl methyl sites for hydroxylation is 2. The number of aliphatic imine (C=N–C) groups is 1. The minimum atomic E-state index is -0.391. The summed E-state index contributed by atoms with van der Waals surface area (Å²) in [5.74, 6) is 0.698. The molecule has 1 fully saturated rings. The Morgan fingerprint density at radius 2 is 1.79 bits per heavy atom. The number of para-hydroxylation sites is 1. The van der Waals surface area contributed by atoms with Gasteiger partial charge in [0.05, 0.1) is 19.8 Å². The summed E-state index contributed by atoms with van der Waals surface area (Å²) in [6, 6.07) is 10.7. The fourth-order valence-corrected chi connectivity index (χ4v) is 2.92. The topological polar surface area (TPSA) is 104 Å². The average molecular weight is 397 g/mol. The molecule has 0 spiro atoms. The normalized spacial score (nSPS) is 15.0. The van der Waals surface area contributed by atoms with Crippen molar-refractivity contribution in [1.29, 1.82) is 0 Å². The molecule has 1 aromatic carbocycles. The van der Waals surface area contributed by atoms with Crippen LogP contribution in [0.4, 0.5) is 16.4 Å². The number of nitrogens with one attached hydrogen (secondary N) is 3. The van der Waals surface area contributed by atoms with Crippen molar-refractivity contribution in [3.05, 3.63) is 47.8 Å². The summed E-state index contributed by atoms with van der Waals surface area (Å²) in [7, 11) is 0. The number of amides is 2. The first-order valence-electron chi connectivity index (χ1n) is 9.65. The van der Waals surface area contributed by atoms with Crippen LogP contribution in [0.1, 0.15) is 11.4 Å². The SMILES string of the molecule is Cc1cc(C)nc(NC(=NCCN2CCOCC2)NC(=O)Nc2ccccc2)n1. The number of hydrogen-bond acceptors (Lipinski definition) is 6. The molecule has 9 nitrogen and oxygen atoms in total. The molecular formula is C20H27N7O2. The summed E-state index contributed by atoms with van der Waals surface area (Å²) >= 11 is 0. The van der Waals surface area contributed by atoms with Crippen LogP contribution >= 0.6 is 0 Å². The lowest BCUT2D eigenvalue weighted by atomic mass is 10.3. The molecule has 0 unspecified atom stereocenters. The van der Waals surface area contributed by atoms with Gasteiger partial charge in [-0.3, -0.25) is 20.5 Å². The number of urea groups is 1. The fraction of sp³-hybridized carbons (Fsp3) is 0.400. The zero-order chi connectivity index (χ0) is 20.5. The Morgan fingerprint density at radius 3 is 2.48 bits per heavy atom. The molecule has 154 valence electrons. The molecule has 29 heavy (non-hydrogen) atoms. The number of benzene rings is 1. The number of rotatable bonds is 5. The number of morpholine rings is 1. The molecule has 1 saturated heterocycles. The average Bonchev–Trinajstić information content (AvgIpc) is 2.68. The first-order valence-corrected chi connectivity index (χ1v) is 9.65. The van der Waals surface area contributed by atoms with Gasteiger partial charge in [-0.25, -0.2) is 14.8 Å². The molecule has 0 radical (unpaired) electrons. The lowest BCUT2D eigenvalue weighted by Crippen LogP contribution is -2.41. The van der Waals surface area contributed by atoms with Crippen LogP contribution in [0.15, 0.2) is 41.4 Å². The van der Waals surface area contributed by atoms with Gasteiger partial charge in [-0.1, -0.05) is 18.2 Å². The van der Waals surface area contributed by atoms with Crippen LogP contribution in [0, 0.1) is 13.8 Å². The van der Waals surface area contributed by atoms with Crippen molar-refractivity contribution < 1.29 is 9.53 Å². The monoisotopic (exact) mass is 397 g/mol. The van der Waals surface area contributed by atoms with Crippen molar-refractivity contribution in [3.63, 3.8) is 0 Å². The second kappa shape index (κ2) is 10.5. The van der Waals surface area contributed by atoms with Crippen molar-refractivity contribution in [2.45, 2.75) is 13.8 Å². The molecule has 9 heteroatoms. The number of anilines is 2. The summed E-state index contributed by atoms with van der Waals surface area (Å²) in [6.07, 6.45) is 0. The number of carbonyl (C=O) groups excluding carboxylic acids is 1. The van der Waals surface area contributed by atoms with Crippen molar-refractivity contribution in [2.24, 2.45) is 4.99 Å². The van der Waals surface area contributed by atoms with Gasteiger partial charge in [-0.05, 0) is 32.0 Å². The Labute approximate surface area is 170 Å². The second-order valence-electron chi connectivity index (χ2n) is 6.73. The van der Waals surface area contributed by atoms with E-state index in [1.54, 1.807) is 0 Å². The predicted molar refractivity (Wildman–Crippen MR) is 113 cm³/mol. The van der Waals surface area contributed by atoms with E-state index in [0.29, 0.717) is 24.1 Å². The van der Waals surface area contributed by atoms with Crippen LogP contribution in [0.25, 0.3) is 0 Å². The summed E-state index contributed by atoms with van der Waals surface area (Å²) in [6.45, 7) is 8.35. The Bertz CT molecular complexity index is 816. The number of ether oxygens (including phenoxy) is 1. The number of nitrogens with zero attached hydrogens (tertiary/aromatic N) is 4. The van der Waals surface area contributed by atoms with Crippen LogP contribution in [-0.2, 0) is 4.74 Å². The molecular weight excluding hydrogens is 370 g/mol. The number of carbonyl (C=O) groups is 1. The number of aromatic nitrogens is 2. The Morgan fingerprint density at radius 1 is 1.10 bits per heavy atom. The molecule has 2 aromatic rings. The van der Waals surface area contributed by atoms with Gasteiger partial charge in [-0.15, -0.1) is 0 Å². The summed E-state index contributed by atoms with van der Waals surface area (Å²) in [5, 5.41) is 8.57. The van der Waals surface area contributed by atoms with E-state index in [-0.39, 0.29) is 0 Å². The third kappa shape index (κ3) is 7.13. The molecule has 0 atom stereocenters. The lowest BCUT2D eigenvalue weighted by Gasteiger charge is -2.25. The van der Waals surface area contributed by atoms with Gasteiger partial charge in [-0.2, -0.15) is 0 Å². The van der Waals surface area contributed by atoms with Gasteiger partial charge < -0.3 is 10.1 Å². The van der Waals surface area contributed by atoms with Crippen LogP contribution < -0.4 is 16.0 Å². The van der Waals surface area contributed by atoms with Crippen LogP contribution in [-0.4, -0.2) is 66.3 Å². The van der Waals surface area contributed by atoms with E-state index in [1.807, 2.05) is 50.2 Å². The zero-order valence-electron chi connectivity index (χ0n) is 16.8. The third-order valence-corrected chi connectivity index (χ3v) is 4.27. The van der Waals surface area contributed by atoms with Gasteiger partial charge in [0.1, 0.15) is 0 Å². The molecule has 3 N–H and O–H groups in total. The first-order chi connectivity index (χ1) is 14.1. The summed E-state index contributed by atoms with van der Waals surface area (Å²) in [4.78, 5) is 27.9. The Hall–Kier alpha value is -3.04. The maximum absolute atomic E-state index is 12.4. The Balaban J connectivity index is 1.65.